The Morgan fingerprint density at radius 1 is 1.42 bits per heavy atom. The third-order valence-electron chi connectivity index (χ3n) is 3.06. The lowest BCUT2D eigenvalue weighted by atomic mass is 10.0. The van der Waals surface area contributed by atoms with Crippen LogP contribution in [0.2, 0.25) is 10.0 Å². The van der Waals surface area contributed by atoms with Crippen molar-refractivity contribution in [1.82, 2.24) is 4.90 Å². The highest BCUT2D eigenvalue weighted by atomic mass is 35.5. The molecule has 0 radical (unpaired) electrons. The summed E-state index contributed by atoms with van der Waals surface area (Å²) in [4.78, 5) is 13.8. The second kappa shape index (κ2) is 6.84. The van der Waals surface area contributed by atoms with Crippen LogP contribution in [0.5, 0.6) is 0 Å². The summed E-state index contributed by atoms with van der Waals surface area (Å²) in [6.45, 7) is 4.02. The summed E-state index contributed by atoms with van der Waals surface area (Å²) in [5.41, 5.74) is -0.876. The van der Waals surface area contributed by atoms with E-state index in [1.54, 1.807) is 49.7 Å². The molecule has 0 saturated carbocycles. The zero-order chi connectivity index (χ0) is 14.6. The third kappa shape index (κ3) is 4.56. The zero-order valence-electron chi connectivity index (χ0n) is 11.1. The first-order chi connectivity index (χ1) is 8.75. The van der Waals surface area contributed by atoms with Crippen molar-refractivity contribution in [2.24, 2.45) is 0 Å². The van der Waals surface area contributed by atoms with Crippen molar-refractivity contribution >= 4 is 40.9 Å². The molecule has 0 amide bonds. The van der Waals surface area contributed by atoms with Crippen LogP contribution in [0.1, 0.15) is 13.8 Å². The van der Waals surface area contributed by atoms with Crippen LogP contribution in [-0.2, 0) is 4.79 Å². The summed E-state index contributed by atoms with van der Waals surface area (Å²) in [5, 5.41) is 10.4. The Morgan fingerprint density at radius 2 is 2.05 bits per heavy atom. The van der Waals surface area contributed by atoms with E-state index in [1.807, 2.05) is 6.07 Å². The van der Waals surface area contributed by atoms with Crippen molar-refractivity contribution in [2.75, 3.05) is 19.3 Å². The molecule has 106 valence electrons. The number of hydrogen-bond acceptors (Lipinski definition) is 3. The molecule has 6 heteroatoms. The van der Waals surface area contributed by atoms with Gasteiger partial charge in [-0.25, -0.2) is 0 Å². The quantitative estimate of drug-likeness (QED) is 0.807. The van der Waals surface area contributed by atoms with E-state index in [9.17, 15) is 4.79 Å². The van der Waals surface area contributed by atoms with Gasteiger partial charge < -0.3 is 5.11 Å². The number of benzene rings is 1. The molecule has 0 aromatic heterocycles. The van der Waals surface area contributed by atoms with Crippen LogP contribution in [-0.4, -0.2) is 40.9 Å². The summed E-state index contributed by atoms with van der Waals surface area (Å²) < 4.78 is 0. The maximum Gasteiger partial charge on any atom is 0.323 e. The molecule has 0 spiro atoms. The second-order valence-electron chi connectivity index (χ2n) is 4.71. The first kappa shape index (κ1) is 16.6. The topological polar surface area (TPSA) is 40.5 Å². The van der Waals surface area contributed by atoms with Crippen LogP contribution in [0.25, 0.3) is 0 Å². The average Bonchev–Trinajstić information content (AvgIpc) is 2.33. The largest absolute Gasteiger partial charge is 0.480 e. The molecular formula is C13H17Cl2NO2S. The van der Waals surface area contributed by atoms with Crippen molar-refractivity contribution in [1.29, 1.82) is 0 Å². The van der Waals surface area contributed by atoms with E-state index in [1.165, 1.54) is 0 Å². The van der Waals surface area contributed by atoms with Crippen molar-refractivity contribution < 1.29 is 9.90 Å². The number of aliphatic carboxylic acids is 1. The van der Waals surface area contributed by atoms with E-state index >= 15 is 0 Å². The van der Waals surface area contributed by atoms with Gasteiger partial charge in [0.15, 0.2) is 0 Å². The maximum atomic E-state index is 11.1. The normalized spacial score (nSPS) is 11.9. The van der Waals surface area contributed by atoms with Gasteiger partial charge in [-0.3, -0.25) is 9.69 Å². The Hall–Kier alpha value is -0.420. The third-order valence-corrected chi connectivity index (χ3v) is 4.77. The Balaban J connectivity index is 2.55. The van der Waals surface area contributed by atoms with Gasteiger partial charge in [-0.15, -0.1) is 11.8 Å². The van der Waals surface area contributed by atoms with Crippen LogP contribution in [0.15, 0.2) is 23.1 Å². The van der Waals surface area contributed by atoms with Crippen molar-refractivity contribution in [3.05, 3.63) is 28.2 Å². The van der Waals surface area contributed by atoms with Gasteiger partial charge >= 0.3 is 5.97 Å². The monoisotopic (exact) mass is 321 g/mol. The van der Waals surface area contributed by atoms with Gasteiger partial charge in [0.05, 0.1) is 5.02 Å². The number of nitrogens with zero attached hydrogens (tertiary/aromatic N) is 1. The second-order valence-corrected chi connectivity index (χ2v) is 6.69. The predicted octanol–water partition coefficient (Wildman–Crippen LogP) is 3.88. The van der Waals surface area contributed by atoms with Gasteiger partial charge in [0.1, 0.15) is 5.54 Å². The minimum absolute atomic E-state index is 0.645. The first-order valence-corrected chi connectivity index (χ1v) is 7.52. The number of thioether (sulfide) groups is 1. The summed E-state index contributed by atoms with van der Waals surface area (Å²) in [6, 6.07) is 5.32. The van der Waals surface area contributed by atoms with E-state index in [4.69, 9.17) is 28.3 Å². The number of hydrogen-bond donors (Lipinski definition) is 1. The summed E-state index contributed by atoms with van der Waals surface area (Å²) in [7, 11) is 1.80. The Bertz CT molecular complexity index is 466. The molecule has 1 N–H and O–H groups in total. The number of carboxylic acids is 1. The lowest BCUT2D eigenvalue weighted by Crippen LogP contribution is -2.48. The molecule has 0 heterocycles. The summed E-state index contributed by atoms with van der Waals surface area (Å²) in [5.74, 6) is -0.0893. The van der Waals surface area contributed by atoms with E-state index in [-0.39, 0.29) is 0 Å². The Kier molecular flexibility index (Phi) is 5.99. The SMILES string of the molecule is CN(CCSc1cc(Cl)ccc1Cl)C(C)(C)C(=O)O. The van der Waals surface area contributed by atoms with E-state index in [0.717, 1.165) is 10.6 Å². The highest BCUT2D eigenvalue weighted by Gasteiger charge is 2.31. The lowest BCUT2D eigenvalue weighted by Gasteiger charge is -2.31. The minimum atomic E-state index is -0.876. The fourth-order valence-electron chi connectivity index (χ4n) is 1.32. The van der Waals surface area contributed by atoms with Gasteiger partial charge in [0, 0.05) is 22.2 Å². The number of carboxylic acid groups (broad SMARTS) is 1. The molecule has 0 fully saturated rings. The van der Waals surface area contributed by atoms with Crippen LogP contribution in [0.3, 0.4) is 0 Å². The molecule has 1 rings (SSSR count). The molecule has 0 atom stereocenters. The van der Waals surface area contributed by atoms with Crippen LogP contribution >= 0.6 is 35.0 Å². The van der Waals surface area contributed by atoms with Gasteiger partial charge in [-0.1, -0.05) is 23.2 Å². The highest BCUT2D eigenvalue weighted by Crippen LogP contribution is 2.30. The number of rotatable bonds is 6. The molecule has 1 aromatic rings. The molecule has 0 unspecified atom stereocenters. The van der Waals surface area contributed by atoms with Crippen molar-refractivity contribution in [3.8, 4) is 0 Å². The minimum Gasteiger partial charge on any atom is -0.480 e. The molecule has 0 saturated heterocycles. The molecule has 1 aromatic carbocycles. The van der Waals surface area contributed by atoms with Crippen LogP contribution in [0, 0.1) is 0 Å². The Labute approximate surface area is 127 Å². The first-order valence-electron chi connectivity index (χ1n) is 5.77. The lowest BCUT2D eigenvalue weighted by molar-refractivity contribution is -0.148. The fourth-order valence-corrected chi connectivity index (χ4v) is 2.84. The molecule has 0 aliphatic carbocycles. The average molecular weight is 322 g/mol. The summed E-state index contributed by atoms with van der Waals surface area (Å²) >= 11 is 13.5. The smallest absolute Gasteiger partial charge is 0.323 e. The molecule has 3 nitrogen and oxygen atoms in total. The highest BCUT2D eigenvalue weighted by molar-refractivity contribution is 7.99. The maximum absolute atomic E-state index is 11.1. The molecule has 0 aliphatic heterocycles. The molecule has 0 aliphatic rings. The fraction of sp³-hybridized carbons (Fsp3) is 0.462. The molecule has 19 heavy (non-hydrogen) atoms. The van der Waals surface area contributed by atoms with Gasteiger partial charge in [-0.2, -0.15) is 0 Å². The van der Waals surface area contributed by atoms with Gasteiger partial charge in [0.25, 0.3) is 0 Å². The van der Waals surface area contributed by atoms with Crippen LogP contribution in [0.4, 0.5) is 0 Å². The van der Waals surface area contributed by atoms with E-state index < -0.39 is 11.5 Å². The van der Waals surface area contributed by atoms with E-state index in [0.29, 0.717) is 16.6 Å². The number of halogens is 2. The predicted molar refractivity (Wildman–Crippen MR) is 81.5 cm³/mol. The molecule has 0 bridgehead atoms. The number of carbonyl (C=O) groups is 1. The van der Waals surface area contributed by atoms with Crippen LogP contribution < -0.4 is 0 Å². The zero-order valence-corrected chi connectivity index (χ0v) is 13.4. The standard InChI is InChI=1S/C13H17Cl2NO2S/c1-13(2,12(17)18)16(3)6-7-19-11-8-9(14)4-5-10(11)15/h4-5,8H,6-7H2,1-3H3,(H,17,18). The summed E-state index contributed by atoms with van der Waals surface area (Å²) in [6.07, 6.45) is 0. The van der Waals surface area contributed by atoms with Gasteiger partial charge in [0.2, 0.25) is 0 Å². The van der Waals surface area contributed by atoms with Crippen molar-refractivity contribution in [3.63, 3.8) is 0 Å². The van der Waals surface area contributed by atoms with Gasteiger partial charge in [-0.05, 0) is 39.1 Å². The Morgan fingerprint density at radius 3 is 2.63 bits per heavy atom. The van der Waals surface area contributed by atoms with E-state index in [2.05, 4.69) is 0 Å². The molecular weight excluding hydrogens is 305 g/mol. The van der Waals surface area contributed by atoms with Crippen molar-refractivity contribution in [2.45, 2.75) is 24.3 Å². The number of likely N-dealkylation sites (N-methyl/N-ethyl adjacent to an activating group) is 1.